The molecule has 0 aliphatic carbocycles. The number of carbonyl (C=O) groups excluding carboxylic acids is 1. The standard InChI is InChI=1S/C10H6Cl2IN3O/c11-5-2-1-3-6(12)8(5)15-10(17)9-7(13)4-14-16-9/h1-4H,(H,14,16)(H,15,17). The lowest BCUT2D eigenvalue weighted by molar-refractivity contribution is 0.102. The zero-order chi connectivity index (χ0) is 12.4. The number of nitrogens with one attached hydrogen (secondary N) is 2. The number of hydrogen-bond acceptors (Lipinski definition) is 2. The van der Waals surface area contributed by atoms with Crippen LogP contribution in [0.4, 0.5) is 5.69 Å². The molecule has 0 spiro atoms. The van der Waals surface area contributed by atoms with E-state index in [4.69, 9.17) is 23.2 Å². The predicted octanol–water partition coefficient (Wildman–Crippen LogP) is 3.57. The van der Waals surface area contributed by atoms with Crippen molar-refractivity contribution in [1.82, 2.24) is 10.2 Å². The lowest BCUT2D eigenvalue weighted by Crippen LogP contribution is -2.14. The molecule has 0 bridgehead atoms. The molecule has 0 atom stereocenters. The number of aromatic amines is 1. The van der Waals surface area contributed by atoms with Crippen LogP contribution in [0.2, 0.25) is 10.0 Å². The van der Waals surface area contributed by atoms with Crippen molar-refractivity contribution in [3.05, 3.63) is 43.7 Å². The van der Waals surface area contributed by atoms with E-state index >= 15 is 0 Å². The molecule has 4 nitrogen and oxygen atoms in total. The summed E-state index contributed by atoms with van der Waals surface area (Å²) in [5, 5.41) is 9.80. The van der Waals surface area contributed by atoms with Crippen LogP contribution in [0.15, 0.2) is 24.4 Å². The number of carbonyl (C=O) groups is 1. The molecule has 1 aromatic heterocycles. The van der Waals surface area contributed by atoms with Crippen LogP contribution in [0.5, 0.6) is 0 Å². The smallest absolute Gasteiger partial charge is 0.274 e. The zero-order valence-corrected chi connectivity index (χ0v) is 12.0. The molecular formula is C10H6Cl2IN3O. The van der Waals surface area contributed by atoms with Crippen molar-refractivity contribution in [2.24, 2.45) is 0 Å². The first-order valence-electron chi connectivity index (χ1n) is 4.54. The van der Waals surface area contributed by atoms with Gasteiger partial charge in [0.05, 0.1) is 25.5 Å². The second kappa shape index (κ2) is 5.24. The third-order valence-corrected chi connectivity index (χ3v) is 3.47. The Labute approximate surface area is 121 Å². The Kier molecular flexibility index (Phi) is 3.90. The lowest BCUT2D eigenvalue weighted by Gasteiger charge is -2.08. The second-order valence-corrected chi connectivity index (χ2v) is 5.12. The quantitative estimate of drug-likeness (QED) is 0.781. The van der Waals surface area contributed by atoms with E-state index in [1.807, 2.05) is 22.6 Å². The van der Waals surface area contributed by atoms with E-state index in [-0.39, 0.29) is 5.91 Å². The average molecular weight is 382 g/mol. The molecule has 0 fully saturated rings. The Morgan fingerprint density at radius 2 is 2.00 bits per heavy atom. The summed E-state index contributed by atoms with van der Waals surface area (Å²) in [6, 6.07) is 5.02. The van der Waals surface area contributed by atoms with Gasteiger partial charge in [0.1, 0.15) is 5.69 Å². The highest BCUT2D eigenvalue weighted by Gasteiger charge is 2.15. The number of aromatic nitrogens is 2. The third-order valence-electron chi connectivity index (χ3n) is 2.02. The first kappa shape index (κ1) is 12.7. The average Bonchev–Trinajstić information content (AvgIpc) is 2.70. The van der Waals surface area contributed by atoms with Gasteiger partial charge in [-0.2, -0.15) is 5.10 Å². The van der Waals surface area contributed by atoms with Gasteiger partial charge in [0.2, 0.25) is 0 Å². The number of rotatable bonds is 2. The molecule has 88 valence electrons. The first-order valence-corrected chi connectivity index (χ1v) is 6.37. The van der Waals surface area contributed by atoms with Crippen molar-refractivity contribution >= 4 is 57.4 Å². The molecule has 1 heterocycles. The van der Waals surface area contributed by atoms with Crippen molar-refractivity contribution in [3.63, 3.8) is 0 Å². The summed E-state index contributed by atoms with van der Waals surface area (Å²) in [5.74, 6) is -0.332. The maximum Gasteiger partial charge on any atom is 0.274 e. The summed E-state index contributed by atoms with van der Waals surface area (Å²) in [4.78, 5) is 11.9. The summed E-state index contributed by atoms with van der Waals surface area (Å²) in [5.41, 5.74) is 0.771. The normalized spacial score (nSPS) is 10.3. The molecule has 7 heteroatoms. The Morgan fingerprint density at radius 3 is 2.53 bits per heavy atom. The number of nitrogens with zero attached hydrogens (tertiary/aromatic N) is 1. The van der Waals surface area contributed by atoms with Crippen molar-refractivity contribution < 1.29 is 4.79 Å². The van der Waals surface area contributed by atoms with E-state index in [2.05, 4.69) is 15.5 Å². The van der Waals surface area contributed by atoms with Crippen LogP contribution in [-0.4, -0.2) is 16.1 Å². The largest absolute Gasteiger partial charge is 0.318 e. The molecule has 2 aromatic rings. The van der Waals surface area contributed by atoms with Gasteiger partial charge in [0.25, 0.3) is 5.91 Å². The van der Waals surface area contributed by atoms with Gasteiger partial charge in [-0.15, -0.1) is 0 Å². The van der Waals surface area contributed by atoms with Gasteiger partial charge in [-0.3, -0.25) is 9.89 Å². The minimum absolute atomic E-state index is 0.332. The molecule has 0 unspecified atom stereocenters. The van der Waals surface area contributed by atoms with Crippen LogP contribution in [0, 0.1) is 3.57 Å². The van der Waals surface area contributed by atoms with Crippen molar-refractivity contribution in [2.75, 3.05) is 5.32 Å². The Hall–Kier alpha value is -0.790. The molecule has 2 N–H and O–H groups in total. The number of H-pyrrole nitrogens is 1. The molecule has 0 aliphatic heterocycles. The van der Waals surface area contributed by atoms with E-state index in [0.717, 1.165) is 3.57 Å². The summed E-state index contributed by atoms with van der Waals surface area (Å²) < 4.78 is 0.725. The summed E-state index contributed by atoms with van der Waals surface area (Å²) in [6.45, 7) is 0. The molecular weight excluding hydrogens is 376 g/mol. The van der Waals surface area contributed by atoms with Gasteiger partial charge in [-0.05, 0) is 34.7 Å². The Morgan fingerprint density at radius 1 is 1.35 bits per heavy atom. The van der Waals surface area contributed by atoms with Crippen LogP contribution in [-0.2, 0) is 0 Å². The highest BCUT2D eigenvalue weighted by atomic mass is 127. The highest BCUT2D eigenvalue weighted by molar-refractivity contribution is 14.1. The topological polar surface area (TPSA) is 57.8 Å². The number of hydrogen-bond donors (Lipinski definition) is 2. The SMILES string of the molecule is O=C(Nc1c(Cl)cccc1Cl)c1[nH]ncc1I. The van der Waals surface area contributed by atoms with E-state index in [1.165, 1.54) is 0 Å². The van der Waals surface area contributed by atoms with Gasteiger partial charge >= 0.3 is 0 Å². The second-order valence-electron chi connectivity index (χ2n) is 3.14. The Bertz CT molecular complexity index is 550. The van der Waals surface area contributed by atoms with E-state index < -0.39 is 0 Å². The number of para-hydroxylation sites is 1. The zero-order valence-electron chi connectivity index (χ0n) is 8.30. The fraction of sp³-hybridized carbons (Fsp3) is 0. The first-order chi connectivity index (χ1) is 8.09. The Balaban J connectivity index is 2.28. The van der Waals surface area contributed by atoms with Gasteiger partial charge in [-0.1, -0.05) is 29.3 Å². The molecule has 0 aliphatic rings. The van der Waals surface area contributed by atoms with Gasteiger partial charge < -0.3 is 5.32 Å². The maximum atomic E-state index is 11.9. The fourth-order valence-corrected chi connectivity index (χ4v) is 2.22. The summed E-state index contributed by atoms with van der Waals surface area (Å²) >= 11 is 13.9. The molecule has 0 saturated carbocycles. The van der Waals surface area contributed by atoms with Gasteiger partial charge in [0, 0.05) is 0 Å². The van der Waals surface area contributed by atoms with E-state index in [1.54, 1.807) is 24.4 Å². The molecule has 2 rings (SSSR count). The molecule has 17 heavy (non-hydrogen) atoms. The minimum atomic E-state index is -0.332. The monoisotopic (exact) mass is 381 g/mol. The van der Waals surface area contributed by atoms with Gasteiger partial charge in [-0.25, -0.2) is 0 Å². The predicted molar refractivity (Wildman–Crippen MR) is 75.7 cm³/mol. The molecule has 0 radical (unpaired) electrons. The van der Waals surface area contributed by atoms with Crippen molar-refractivity contribution in [2.45, 2.75) is 0 Å². The van der Waals surface area contributed by atoms with Crippen LogP contribution in [0.1, 0.15) is 10.5 Å². The third kappa shape index (κ3) is 2.72. The summed E-state index contributed by atoms with van der Waals surface area (Å²) in [7, 11) is 0. The van der Waals surface area contributed by atoms with Crippen molar-refractivity contribution in [3.8, 4) is 0 Å². The number of amides is 1. The minimum Gasteiger partial charge on any atom is -0.318 e. The van der Waals surface area contributed by atoms with Crippen LogP contribution < -0.4 is 5.32 Å². The maximum absolute atomic E-state index is 11.9. The lowest BCUT2D eigenvalue weighted by atomic mass is 10.3. The summed E-state index contributed by atoms with van der Waals surface area (Å²) in [6.07, 6.45) is 1.56. The number of halogens is 3. The fourth-order valence-electron chi connectivity index (χ4n) is 1.22. The van der Waals surface area contributed by atoms with E-state index in [9.17, 15) is 4.79 Å². The van der Waals surface area contributed by atoms with Crippen LogP contribution in [0.3, 0.4) is 0 Å². The van der Waals surface area contributed by atoms with Crippen LogP contribution >= 0.6 is 45.8 Å². The molecule has 1 amide bonds. The van der Waals surface area contributed by atoms with Crippen molar-refractivity contribution in [1.29, 1.82) is 0 Å². The highest BCUT2D eigenvalue weighted by Crippen LogP contribution is 2.30. The van der Waals surface area contributed by atoms with Gasteiger partial charge in [0.15, 0.2) is 0 Å². The van der Waals surface area contributed by atoms with E-state index in [0.29, 0.717) is 21.4 Å². The number of anilines is 1. The number of benzene rings is 1. The molecule has 0 saturated heterocycles. The molecule has 1 aromatic carbocycles. The van der Waals surface area contributed by atoms with Crippen LogP contribution in [0.25, 0.3) is 0 Å².